The second-order valence-electron chi connectivity index (χ2n) is 10.6. The highest BCUT2D eigenvalue weighted by Gasteiger charge is 2.32. The molecule has 1 aliphatic rings. The SMILES string of the molecule is COc1ccc([C@H]2C(C(=O)Nc3ccccc3)=C(C)N=c3s/c(=C/c4cc(I)c(OCc5ccccc5Cl)c(OC)c4)c(=O)n32)cc1. The molecule has 6 rings (SSSR count). The number of halogens is 2. The smallest absolute Gasteiger partial charge is 0.271 e. The van der Waals surface area contributed by atoms with Gasteiger partial charge in [-0.15, -0.1) is 0 Å². The summed E-state index contributed by atoms with van der Waals surface area (Å²) in [4.78, 5) is 33.2. The standard InChI is InChI=1S/C36H29ClIN3O5S/c1-21-31(34(42)40-25-10-5-4-6-11-25)32(23-13-15-26(44-2)16-14-23)41-35(43)30(47-36(41)39-21)19-22-17-28(38)33(29(18-22)45-3)46-20-24-9-7-8-12-27(24)37/h4-19,32H,20H2,1-3H3,(H,40,42)/b30-19+/t32-/m0/s1. The summed E-state index contributed by atoms with van der Waals surface area (Å²) >= 11 is 9.79. The highest BCUT2D eigenvalue weighted by molar-refractivity contribution is 14.1. The second-order valence-corrected chi connectivity index (χ2v) is 13.2. The van der Waals surface area contributed by atoms with Crippen LogP contribution in [0.4, 0.5) is 5.69 Å². The second kappa shape index (κ2) is 14.2. The van der Waals surface area contributed by atoms with Crippen molar-refractivity contribution in [2.45, 2.75) is 19.6 Å². The summed E-state index contributed by atoms with van der Waals surface area (Å²) in [5.74, 6) is 1.44. The lowest BCUT2D eigenvalue weighted by atomic mass is 9.95. The number of carbonyl (C=O) groups is 1. The number of allylic oxidation sites excluding steroid dienone is 1. The van der Waals surface area contributed by atoms with E-state index in [-0.39, 0.29) is 18.1 Å². The zero-order chi connectivity index (χ0) is 33.1. The Morgan fingerprint density at radius 2 is 1.74 bits per heavy atom. The van der Waals surface area contributed by atoms with Gasteiger partial charge in [0.05, 0.1) is 39.6 Å². The first-order valence-electron chi connectivity index (χ1n) is 14.5. The lowest BCUT2D eigenvalue weighted by Gasteiger charge is -2.25. The van der Waals surface area contributed by atoms with Gasteiger partial charge in [-0.05, 0) is 89.2 Å². The Morgan fingerprint density at radius 3 is 2.45 bits per heavy atom. The Bertz CT molecular complexity index is 2180. The summed E-state index contributed by atoms with van der Waals surface area (Å²) in [7, 11) is 3.17. The number of benzene rings is 4. The van der Waals surface area contributed by atoms with Crippen molar-refractivity contribution in [3.63, 3.8) is 0 Å². The Morgan fingerprint density at radius 1 is 1.02 bits per heavy atom. The molecule has 0 saturated carbocycles. The van der Waals surface area contributed by atoms with Gasteiger partial charge >= 0.3 is 0 Å². The molecule has 5 aromatic rings. The van der Waals surface area contributed by atoms with Gasteiger partial charge in [-0.2, -0.15) is 0 Å². The lowest BCUT2D eigenvalue weighted by Crippen LogP contribution is -2.40. The number of hydrogen-bond donors (Lipinski definition) is 1. The predicted octanol–water partition coefficient (Wildman–Crippen LogP) is 6.73. The fourth-order valence-electron chi connectivity index (χ4n) is 5.31. The molecule has 238 valence electrons. The zero-order valence-corrected chi connectivity index (χ0v) is 29.4. The van der Waals surface area contributed by atoms with E-state index in [1.165, 1.54) is 11.3 Å². The predicted molar refractivity (Wildman–Crippen MR) is 193 cm³/mol. The molecule has 1 N–H and O–H groups in total. The van der Waals surface area contributed by atoms with E-state index in [1.54, 1.807) is 31.8 Å². The van der Waals surface area contributed by atoms with E-state index < -0.39 is 6.04 Å². The third-order valence-corrected chi connectivity index (χ3v) is 9.76. The van der Waals surface area contributed by atoms with E-state index in [1.807, 2.05) is 91.0 Å². The molecule has 0 spiro atoms. The fourth-order valence-corrected chi connectivity index (χ4v) is 7.33. The highest BCUT2D eigenvalue weighted by atomic mass is 127. The molecule has 0 saturated heterocycles. The van der Waals surface area contributed by atoms with Crippen LogP contribution in [0, 0.1) is 3.57 Å². The maximum Gasteiger partial charge on any atom is 0.271 e. The summed E-state index contributed by atoms with van der Waals surface area (Å²) in [6.07, 6.45) is 1.81. The molecule has 2 heterocycles. The number of amides is 1. The van der Waals surface area contributed by atoms with E-state index in [0.29, 0.717) is 48.6 Å². The zero-order valence-electron chi connectivity index (χ0n) is 25.6. The number of hydrogen-bond acceptors (Lipinski definition) is 7. The highest BCUT2D eigenvalue weighted by Crippen LogP contribution is 2.36. The number of carbonyl (C=O) groups excluding carboxylic acids is 1. The molecule has 0 bridgehead atoms. The Balaban J connectivity index is 1.41. The molecule has 1 atom stereocenters. The monoisotopic (exact) mass is 777 g/mol. The van der Waals surface area contributed by atoms with Crippen molar-refractivity contribution in [3.05, 3.63) is 147 Å². The van der Waals surface area contributed by atoms with Gasteiger partial charge in [0.15, 0.2) is 16.3 Å². The number of thiazole rings is 1. The van der Waals surface area contributed by atoms with E-state index in [4.69, 9.17) is 30.8 Å². The average molecular weight is 778 g/mol. The minimum absolute atomic E-state index is 0.264. The molecule has 1 aromatic heterocycles. The number of anilines is 1. The van der Waals surface area contributed by atoms with E-state index in [9.17, 15) is 9.59 Å². The topological polar surface area (TPSA) is 91.2 Å². The number of aromatic nitrogens is 1. The van der Waals surface area contributed by atoms with E-state index >= 15 is 0 Å². The molecule has 0 unspecified atom stereocenters. The van der Waals surface area contributed by atoms with Gasteiger partial charge < -0.3 is 19.5 Å². The molecule has 0 aliphatic carbocycles. The van der Waals surface area contributed by atoms with Crippen molar-refractivity contribution < 1.29 is 19.0 Å². The van der Waals surface area contributed by atoms with Crippen molar-refractivity contribution in [1.82, 2.24) is 4.57 Å². The molecule has 11 heteroatoms. The van der Waals surface area contributed by atoms with Crippen LogP contribution >= 0.6 is 45.5 Å². The Hall–Kier alpha value is -4.39. The van der Waals surface area contributed by atoms with Gasteiger partial charge in [0.25, 0.3) is 11.5 Å². The number of fused-ring (bicyclic) bond motifs is 1. The molecule has 0 fully saturated rings. The third-order valence-electron chi connectivity index (χ3n) is 7.61. The van der Waals surface area contributed by atoms with Crippen LogP contribution in [0.3, 0.4) is 0 Å². The largest absolute Gasteiger partial charge is 0.497 e. The number of rotatable bonds is 9. The number of methoxy groups -OCH3 is 2. The first kappa shape index (κ1) is 32.5. The minimum Gasteiger partial charge on any atom is -0.497 e. The van der Waals surface area contributed by atoms with Gasteiger partial charge in [-0.1, -0.05) is 71.5 Å². The minimum atomic E-state index is -0.710. The van der Waals surface area contributed by atoms with Gasteiger partial charge in [0.2, 0.25) is 0 Å². The van der Waals surface area contributed by atoms with Crippen molar-refractivity contribution in [2.75, 3.05) is 19.5 Å². The van der Waals surface area contributed by atoms with Crippen molar-refractivity contribution in [2.24, 2.45) is 4.99 Å². The summed E-state index contributed by atoms with van der Waals surface area (Å²) in [5.41, 5.74) is 3.66. The van der Waals surface area contributed by atoms with E-state index in [0.717, 1.165) is 20.3 Å². The summed E-state index contributed by atoms with van der Waals surface area (Å²) in [6, 6.07) is 27.1. The molecule has 1 amide bonds. The first-order chi connectivity index (χ1) is 22.8. The van der Waals surface area contributed by atoms with Crippen molar-refractivity contribution >= 4 is 63.2 Å². The average Bonchev–Trinajstić information content (AvgIpc) is 3.38. The molecular weight excluding hydrogens is 749 g/mol. The van der Waals surface area contributed by atoms with Gasteiger partial charge in [-0.3, -0.25) is 14.2 Å². The van der Waals surface area contributed by atoms with Crippen LogP contribution in [-0.4, -0.2) is 24.7 Å². The molecule has 4 aromatic carbocycles. The van der Waals surface area contributed by atoms with Crippen molar-refractivity contribution in [3.8, 4) is 17.2 Å². The van der Waals surface area contributed by atoms with Crippen LogP contribution in [0.1, 0.15) is 29.7 Å². The lowest BCUT2D eigenvalue weighted by molar-refractivity contribution is -0.113. The van der Waals surface area contributed by atoms with Crippen molar-refractivity contribution in [1.29, 1.82) is 0 Å². The number of nitrogens with zero attached hydrogens (tertiary/aromatic N) is 2. The summed E-state index contributed by atoms with van der Waals surface area (Å²) < 4.78 is 20.0. The van der Waals surface area contributed by atoms with Crippen LogP contribution in [0.2, 0.25) is 5.02 Å². The Kier molecular flexibility index (Phi) is 9.81. The Labute approximate surface area is 293 Å². The molecule has 8 nitrogen and oxygen atoms in total. The van der Waals surface area contributed by atoms with Gasteiger partial charge in [0, 0.05) is 16.3 Å². The summed E-state index contributed by atoms with van der Waals surface area (Å²) in [6.45, 7) is 2.07. The maximum atomic E-state index is 14.2. The number of ether oxygens (including phenoxy) is 3. The van der Waals surface area contributed by atoms with Crippen LogP contribution in [-0.2, 0) is 11.4 Å². The number of nitrogens with one attached hydrogen (secondary N) is 1. The maximum absolute atomic E-state index is 14.2. The number of para-hydroxylation sites is 1. The van der Waals surface area contributed by atoms with Gasteiger partial charge in [-0.25, -0.2) is 4.99 Å². The normalized spacial score (nSPS) is 14.3. The van der Waals surface area contributed by atoms with Crippen LogP contribution < -0.4 is 34.4 Å². The van der Waals surface area contributed by atoms with Crippen LogP contribution in [0.5, 0.6) is 17.2 Å². The summed E-state index contributed by atoms with van der Waals surface area (Å²) in [5, 5.41) is 3.60. The third kappa shape index (κ3) is 6.85. The van der Waals surface area contributed by atoms with Crippen LogP contribution in [0.25, 0.3) is 6.08 Å². The molecule has 1 aliphatic heterocycles. The molecular formula is C36H29ClIN3O5S. The van der Waals surface area contributed by atoms with Crippen LogP contribution in [0.15, 0.2) is 112 Å². The van der Waals surface area contributed by atoms with E-state index in [2.05, 4.69) is 27.9 Å². The molecule has 47 heavy (non-hydrogen) atoms. The van der Waals surface area contributed by atoms with Gasteiger partial charge in [0.1, 0.15) is 12.4 Å². The quantitative estimate of drug-likeness (QED) is 0.168. The molecule has 0 radical (unpaired) electrons. The first-order valence-corrected chi connectivity index (χ1v) is 16.8. The fraction of sp³-hybridized carbons (Fsp3) is 0.139.